The summed E-state index contributed by atoms with van der Waals surface area (Å²) in [6.45, 7) is 4.96. The lowest BCUT2D eigenvalue weighted by Crippen LogP contribution is -2.52. The normalized spacial score (nSPS) is 18.1. The molecule has 2 aliphatic rings. The predicted octanol–water partition coefficient (Wildman–Crippen LogP) is 0.281. The van der Waals surface area contributed by atoms with Gasteiger partial charge in [0.25, 0.3) is 0 Å². The summed E-state index contributed by atoms with van der Waals surface area (Å²) in [5.74, 6) is 7.01. The first-order chi connectivity index (χ1) is 9.76. The molecule has 0 aromatic heterocycles. The number of benzene rings is 1. The standard InChI is InChI=1S/C13H18N4O2S/c14-15-13(20)17-5-3-16(4-6-17)8-10-1-2-11-12(7-10)19-9-18-11/h1-2,7H,3-6,8-9,14H2,(H,15,20). The maximum absolute atomic E-state index is 5.40. The second kappa shape index (κ2) is 5.82. The summed E-state index contributed by atoms with van der Waals surface area (Å²) in [5.41, 5.74) is 3.77. The molecule has 0 unspecified atom stereocenters. The van der Waals surface area contributed by atoms with Crippen molar-refractivity contribution in [2.45, 2.75) is 6.54 Å². The van der Waals surface area contributed by atoms with E-state index in [4.69, 9.17) is 27.5 Å². The minimum atomic E-state index is 0.320. The van der Waals surface area contributed by atoms with Crippen LogP contribution >= 0.6 is 12.2 Å². The molecule has 2 aliphatic heterocycles. The molecular weight excluding hydrogens is 276 g/mol. The first kappa shape index (κ1) is 13.4. The average Bonchev–Trinajstić information content (AvgIpc) is 2.95. The first-order valence-corrected chi connectivity index (χ1v) is 7.03. The zero-order valence-corrected chi connectivity index (χ0v) is 12.0. The first-order valence-electron chi connectivity index (χ1n) is 6.62. The Morgan fingerprint density at radius 3 is 2.70 bits per heavy atom. The van der Waals surface area contributed by atoms with E-state index in [2.05, 4.69) is 27.4 Å². The molecule has 6 nitrogen and oxygen atoms in total. The quantitative estimate of drug-likeness (QED) is 0.461. The Morgan fingerprint density at radius 1 is 1.20 bits per heavy atom. The van der Waals surface area contributed by atoms with Crippen LogP contribution in [0, 0.1) is 0 Å². The van der Waals surface area contributed by atoms with Gasteiger partial charge in [0, 0.05) is 32.7 Å². The number of fused-ring (bicyclic) bond motifs is 1. The molecule has 108 valence electrons. The molecule has 0 spiro atoms. The molecule has 0 bridgehead atoms. The predicted molar refractivity (Wildman–Crippen MR) is 79.3 cm³/mol. The van der Waals surface area contributed by atoms with E-state index in [1.165, 1.54) is 5.56 Å². The van der Waals surface area contributed by atoms with Gasteiger partial charge in [-0.15, -0.1) is 0 Å². The van der Waals surface area contributed by atoms with E-state index in [0.29, 0.717) is 11.9 Å². The smallest absolute Gasteiger partial charge is 0.231 e. The van der Waals surface area contributed by atoms with Crippen LogP contribution < -0.4 is 20.7 Å². The number of piperazine rings is 1. The number of thiocarbonyl (C=S) groups is 1. The zero-order chi connectivity index (χ0) is 13.9. The highest BCUT2D eigenvalue weighted by Crippen LogP contribution is 2.32. The number of nitrogens with two attached hydrogens (primary N) is 1. The van der Waals surface area contributed by atoms with E-state index in [-0.39, 0.29) is 0 Å². The Kier molecular flexibility index (Phi) is 3.90. The molecule has 1 aromatic rings. The fraction of sp³-hybridized carbons (Fsp3) is 0.462. The van der Waals surface area contributed by atoms with Crippen molar-refractivity contribution in [2.75, 3.05) is 33.0 Å². The summed E-state index contributed by atoms with van der Waals surface area (Å²) < 4.78 is 10.7. The van der Waals surface area contributed by atoms with Crippen molar-refractivity contribution in [3.8, 4) is 11.5 Å². The molecular formula is C13H18N4O2S. The van der Waals surface area contributed by atoms with Crippen molar-refractivity contribution in [1.29, 1.82) is 0 Å². The number of nitrogens with zero attached hydrogens (tertiary/aromatic N) is 2. The van der Waals surface area contributed by atoms with Gasteiger partial charge in [-0.3, -0.25) is 4.90 Å². The number of hydrogen-bond acceptors (Lipinski definition) is 5. The number of rotatable bonds is 2. The number of ether oxygens (including phenoxy) is 2. The van der Waals surface area contributed by atoms with Crippen LogP contribution in [-0.2, 0) is 6.54 Å². The van der Waals surface area contributed by atoms with Gasteiger partial charge in [0.1, 0.15) is 0 Å². The maximum Gasteiger partial charge on any atom is 0.231 e. The van der Waals surface area contributed by atoms with Gasteiger partial charge in [-0.05, 0) is 29.9 Å². The van der Waals surface area contributed by atoms with Gasteiger partial charge in [-0.25, -0.2) is 5.84 Å². The second-order valence-electron chi connectivity index (χ2n) is 4.90. The van der Waals surface area contributed by atoms with Crippen LogP contribution in [0.2, 0.25) is 0 Å². The van der Waals surface area contributed by atoms with Crippen molar-refractivity contribution < 1.29 is 9.47 Å². The molecule has 0 aliphatic carbocycles. The molecule has 20 heavy (non-hydrogen) atoms. The highest BCUT2D eigenvalue weighted by atomic mass is 32.1. The molecule has 2 heterocycles. The summed E-state index contributed by atoms with van der Waals surface area (Å²) in [7, 11) is 0. The van der Waals surface area contributed by atoms with Gasteiger partial charge < -0.3 is 19.8 Å². The van der Waals surface area contributed by atoms with E-state index < -0.39 is 0 Å². The number of nitrogens with one attached hydrogen (secondary N) is 1. The monoisotopic (exact) mass is 294 g/mol. The van der Waals surface area contributed by atoms with Crippen molar-refractivity contribution in [3.63, 3.8) is 0 Å². The molecule has 3 rings (SSSR count). The highest BCUT2D eigenvalue weighted by molar-refractivity contribution is 7.80. The number of hydrazine groups is 1. The Morgan fingerprint density at radius 2 is 1.95 bits per heavy atom. The van der Waals surface area contributed by atoms with Crippen LogP contribution in [0.15, 0.2) is 18.2 Å². The average molecular weight is 294 g/mol. The van der Waals surface area contributed by atoms with Crippen molar-refractivity contribution in [2.24, 2.45) is 5.84 Å². The summed E-state index contributed by atoms with van der Waals surface area (Å²) in [6.07, 6.45) is 0. The lowest BCUT2D eigenvalue weighted by molar-refractivity contribution is 0.172. The summed E-state index contributed by atoms with van der Waals surface area (Å²) >= 11 is 5.14. The molecule has 1 saturated heterocycles. The molecule has 0 saturated carbocycles. The van der Waals surface area contributed by atoms with Gasteiger partial charge in [-0.1, -0.05) is 6.07 Å². The van der Waals surface area contributed by atoms with Crippen molar-refractivity contribution in [3.05, 3.63) is 23.8 Å². The van der Waals surface area contributed by atoms with Crippen LogP contribution in [0.5, 0.6) is 11.5 Å². The zero-order valence-electron chi connectivity index (χ0n) is 11.2. The van der Waals surface area contributed by atoms with Gasteiger partial charge in [0.05, 0.1) is 0 Å². The lowest BCUT2D eigenvalue weighted by Gasteiger charge is -2.35. The van der Waals surface area contributed by atoms with Crippen LogP contribution in [0.4, 0.5) is 0 Å². The molecule has 7 heteroatoms. The van der Waals surface area contributed by atoms with Crippen LogP contribution in [0.25, 0.3) is 0 Å². The summed E-state index contributed by atoms with van der Waals surface area (Å²) in [5, 5.41) is 0.618. The van der Waals surface area contributed by atoms with E-state index >= 15 is 0 Å². The Balaban J connectivity index is 1.56. The molecule has 0 amide bonds. The SMILES string of the molecule is NNC(=S)N1CCN(Cc2ccc3c(c2)OCO3)CC1. The summed E-state index contributed by atoms with van der Waals surface area (Å²) in [4.78, 5) is 4.48. The Labute approximate surface area is 123 Å². The van der Waals surface area contributed by atoms with Crippen LogP contribution in [0.3, 0.4) is 0 Å². The van der Waals surface area contributed by atoms with E-state index in [1.807, 2.05) is 6.07 Å². The van der Waals surface area contributed by atoms with Crippen molar-refractivity contribution in [1.82, 2.24) is 15.2 Å². The van der Waals surface area contributed by atoms with Gasteiger partial charge in [0.2, 0.25) is 6.79 Å². The minimum Gasteiger partial charge on any atom is -0.454 e. The molecule has 1 aromatic carbocycles. The molecule has 1 fully saturated rings. The largest absolute Gasteiger partial charge is 0.454 e. The number of hydrogen-bond donors (Lipinski definition) is 2. The van der Waals surface area contributed by atoms with Gasteiger partial charge in [-0.2, -0.15) is 0 Å². The van der Waals surface area contributed by atoms with Crippen molar-refractivity contribution >= 4 is 17.3 Å². The second-order valence-corrected chi connectivity index (χ2v) is 5.29. The lowest BCUT2D eigenvalue weighted by atomic mass is 10.1. The molecule has 0 atom stereocenters. The Hall–Kier alpha value is -1.57. The third-order valence-corrected chi connectivity index (χ3v) is 4.00. The maximum atomic E-state index is 5.40. The van der Waals surface area contributed by atoms with Gasteiger partial charge >= 0.3 is 0 Å². The van der Waals surface area contributed by atoms with Crippen LogP contribution in [-0.4, -0.2) is 47.9 Å². The molecule has 0 radical (unpaired) electrons. The van der Waals surface area contributed by atoms with Gasteiger partial charge in [0.15, 0.2) is 16.6 Å². The van der Waals surface area contributed by atoms with E-state index in [0.717, 1.165) is 44.2 Å². The molecule has 3 N–H and O–H groups in total. The Bertz CT molecular complexity index is 503. The minimum absolute atomic E-state index is 0.320. The van der Waals surface area contributed by atoms with E-state index in [1.54, 1.807) is 0 Å². The van der Waals surface area contributed by atoms with Crippen LogP contribution in [0.1, 0.15) is 5.56 Å². The third kappa shape index (κ3) is 2.79. The third-order valence-electron chi connectivity index (χ3n) is 3.63. The highest BCUT2D eigenvalue weighted by Gasteiger charge is 2.19. The van der Waals surface area contributed by atoms with E-state index in [9.17, 15) is 0 Å². The fourth-order valence-corrected chi connectivity index (χ4v) is 2.68. The fourth-order valence-electron chi connectivity index (χ4n) is 2.50. The topological polar surface area (TPSA) is 63.0 Å². The summed E-state index contributed by atoms with van der Waals surface area (Å²) in [6, 6.07) is 6.12.